The Balaban J connectivity index is 1.46. The molecule has 1 N–H and O–H groups in total. The lowest BCUT2D eigenvalue weighted by Crippen LogP contribution is -2.41. The number of amides is 2. The molecule has 1 aliphatic rings. The zero-order valence-corrected chi connectivity index (χ0v) is 14.8. The third kappa shape index (κ3) is 3.46. The van der Waals surface area contributed by atoms with Crippen molar-refractivity contribution < 1.29 is 4.79 Å². The molecule has 0 unspecified atom stereocenters. The van der Waals surface area contributed by atoms with E-state index >= 15 is 0 Å². The van der Waals surface area contributed by atoms with Gasteiger partial charge in [-0.05, 0) is 44.0 Å². The predicted molar refractivity (Wildman–Crippen MR) is 99.0 cm³/mol. The van der Waals surface area contributed by atoms with Crippen LogP contribution in [0.15, 0.2) is 36.8 Å². The quantitative estimate of drug-likeness (QED) is 0.760. The molecule has 0 bridgehead atoms. The molecular formula is C18H19N5OS. The lowest BCUT2D eigenvalue weighted by molar-refractivity contribution is 0.192. The number of piperidine rings is 1. The van der Waals surface area contributed by atoms with E-state index in [0.29, 0.717) is 6.54 Å². The van der Waals surface area contributed by atoms with Crippen LogP contribution in [0.25, 0.3) is 10.2 Å². The smallest absolute Gasteiger partial charge is 0.321 e. The second-order valence-electron chi connectivity index (χ2n) is 6.26. The van der Waals surface area contributed by atoms with Crippen LogP contribution in [0.3, 0.4) is 0 Å². The minimum absolute atomic E-state index is 0.0562. The van der Waals surface area contributed by atoms with E-state index < -0.39 is 0 Å². The van der Waals surface area contributed by atoms with E-state index in [-0.39, 0.29) is 11.9 Å². The van der Waals surface area contributed by atoms with E-state index in [9.17, 15) is 4.79 Å². The van der Waals surface area contributed by atoms with Gasteiger partial charge in [-0.3, -0.25) is 0 Å². The number of aryl methyl sites for hydroxylation is 1. The summed E-state index contributed by atoms with van der Waals surface area (Å²) < 4.78 is 1.09. The Morgan fingerprint density at radius 2 is 2.28 bits per heavy atom. The molecule has 1 saturated heterocycles. The van der Waals surface area contributed by atoms with Gasteiger partial charge in [0.25, 0.3) is 0 Å². The van der Waals surface area contributed by atoms with Gasteiger partial charge in [0.15, 0.2) is 0 Å². The molecule has 25 heavy (non-hydrogen) atoms. The van der Waals surface area contributed by atoms with E-state index in [1.165, 1.54) is 0 Å². The number of aromatic nitrogens is 3. The summed E-state index contributed by atoms with van der Waals surface area (Å²) in [5, 5.41) is 4.05. The SMILES string of the molecule is Cc1nc2ccc(NC(=O)N3CCC[C@H](c4ccncn4)C3)cc2s1. The van der Waals surface area contributed by atoms with Crippen LogP contribution in [0.4, 0.5) is 10.5 Å². The highest BCUT2D eigenvalue weighted by molar-refractivity contribution is 7.18. The Labute approximate surface area is 149 Å². The predicted octanol–water partition coefficient (Wildman–Crippen LogP) is 3.81. The zero-order chi connectivity index (χ0) is 17.2. The van der Waals surface area contributed by atoms with Gasteiger partial charge in [0.1, 0.15) is 6.33 Å². The van der Waals surface area contributed by atoms with Crippen molar-refractivity contribution in [3.63, 3.8) is 0 Å². The molecule has 1 fully saturated rings. The van der Waals surface area contributed by atoms with Gasteiger partial charge in [0.05, 0.1) is 15.2 Å². The number of rotatable bonds is 2. The maximum Gasteiger partial charge on any atom is 0.321 e. The molecule has 2 amide bonds. The lowest BCUT2D eigenvalue weighted by atomic mass is 9.95. The number of nitrogens with one attached hydrogen (secondary N) is 1. The Kier molecular flexibility index (Phi) is 4.31. The van der Waals surface area contributed by atoms with Crippen molar-refractivity contribution in [3.05, 3.63) is 47.5 Å². The van der Waals surface area contributed by atoms with Crippen molar-refractivity contribution in [2.75, 3.05) is 18.4 Å². The summed E-state index contributed by atoms with van der Waals surface area (Å²) in [7, 11) is 0. The maximum absolute atomic E-state index is 12.7. The van der Waals surface area contributed by atoms with Crippen LogP contribution in [0.5, 0.6) is 0 Å². The number of hydrogen-bond acceptors (Lipinski definition) is 5. The minimum Gasteiger partial charge on any atom is -0.324 e. The summed E-state index contributed by atoms with van der Waals surface area (Å²) in [5.41, 5.74) is 2.79. The number of anilines is 1. The molecule has 0 spiro atoms. The number of nitrogens with zero attached hydrogens (tertiary/aromatic N) is 4. The number of fused-ring (bicyclic) bond motifs is 1. The monoisotopic (exact) mass is 353 g/mol. The lowest BCUT2D eigenvalue weighted by Gasteiger charge is -2.32. The molecule has 3 heterocycles. The maximum atomic E-state index is 12.7. The Morgan fingerprint density at radius 1 is 1.36 bits per heavy atom. The summed E-state index contributed by atoms with van der Waals surface area (Å²) in [5.74, 6) is 0.272. The molecular weight excluding hydrogens is 334 g/mol. The first-order chi connectivity index (χ1) is 12.2. The van der Waals surface area contributed by atoms with Crippen molar-refractivity contribution in [2.24, 2.45) is 0 Å². The topological polar surface area (TPSA) is 71.0 Å². The Bertz CT molecular complexity index is 895. The summed E-state index contributed by atoms with van der Waals surface area (Å²) >= 11 is 1.64. The number of urea groups is 1. The van der Waals surface area contributed by atoms with Gasteiger partial charge in [-0.1, -0.05) is 0 Å². The van der Waals surface area contributed by atoms with Gasteiger partial charge < -0.3 is 10.2 Å². The Hall–Kier alpha value is -2.54. The van der Waals surface area contributed by atoms with Crippen molar-refractivity contribution in [2.45, 2.75) is 25.7 Å². The molecule has 128 valence electrons. The van der Waals surface area contributed by atoms with Crippen LogP contribution >= 0.6 is 11.3 Å². The van der Waals surface area contributed by atoms with Crippen LogP contribution in [-0.4, -0.2) is 39.0 Å². The van der Waals surface area contributed by atoms with Gasteiger partial charge in [0, 0.05) is 36.6 Å². The third-order valence-electron chi connectivity index (χ3n) is 4.48. The van der Waals surface area contributed by atoms with Crippen LogP contribution in [0.1, 0.15) is 29.5 Å². The molecule has 6 nitrogen and oxygen atoms in total. The second-order valence-corrected chi connectivity index (χ2v) is 7.50. The van der Waals surface area contributed by atoms with E-state index in [1.54, 1.807) is 23.9 Å². The second kappa shape index (κ2) is 6.76. The van der Waals surface area contributed by atoms with Crippen LogP contribution in [0, 0.1) is 6.92 Å². The number of carbonyl (C=O) groups is 1. The van der Waals surface area contributed by atoms with Gasteiger partial charge in [-0.15, -0.1) is 11.3 Å². The van der Waals surface area contributed by atoms with Crippen LogP contribution in [0.2, 0.25) is 0 Å². The molecule has 1 atom stereocenters. The zero-order valence-electron chi connectivity index (χ0n) is 14.0. The average Bonchev–Trinajstić information content (AvgIpc) is 3.02. The van der Waals surface area contributed by atoms with Crippen molar-refractivity contribution in [1.29, 1.82) is 0 Å². The molecule has 0 aliphatic carbocycles. The summed E-state index contributed by atoms with van der Waals surface area (Å²) in [4.78, 5) is 27.3. The largest absolute Gasteiger partial charge is 0.324 e. The number of carbonyl (C=O) groups excluding carboxylic acids is 1. The Morgan fingerprint density at radius 3 is 3.12 bits per heavy atom. The molecule has 7 heteroatoms. The van der Waals surface area contributed by atoms with Crippen LogP contribution < -0.4 is 5.32 Å². The number of likely N-dealkylation sites (tertiary alicyclic amines) is 1. The number of benzene rings is 1. The van der Waals surface area contributed by atoms with E-state index in [4.69, 9.17) is 0 Å². The molecule has 0 saturated carbocycles. The molecule has 1 aromatic carbocycles. The first-order valence-electron chi connectivity index (χ1n) is 8.38. The van der Waals surface area contributed by atoms with Gasteiger partial charge in [0.2, 0.25) is 0 Å². The highest BCUT2D eigenvalue weighted by Gasteiger charge is 2.25. The van der Waals surface area contributed by atoms with Crippen molar-refractivity contribution in [3.8, 4) is 0 Å². The molecule has 3 aromatic rings. The van der Waals surface area contributed by atoms with E-state index in [0.717, 1.165) is 46.0 Å². The van der Waals surface area contributed by atoms with Crippen LogP contribution in [-0.2, 0) is 0 Å². The fourth-order valence-corrected chi connectivity index (χ4v) is 4.13. The van der Waals surface area contributed by atoms with E-state index in [2.05, 4.69) is 20.3 Å². The first-order valence-corrected chi connectivity index (χ1v) is 9.20. The molecule has 2 aromatic heterocycles. The standard InChI is InChI=1S/C18H19N5OS/c1-12-21-16-5-4-14(9-17(16)25-12)22-18(24)23-8-2-3-13(10-23)15-6-7-19-11-20-15/h4-7,9,11,13H,2-3,8,10H2,1H3,(H,22,24)/t13-/m0/s1. The third-order valence-corrected chi connectivity index (χ3v) is 5.41. The number of hydrogen-bond donors (Lipinski definition) is 1. The average molecular weight is 353 g/mol. The summed E-state index contributed by atoms with van der Waals surface area (Å²) in [6, 6.07) is 7.73. The highest BCUT2D eigenvalue weighted by Crippen LogP contribution is 2.27. The van der Waals surface area contributed by atoms with E-state index in [1.807, 2.05) is 36.1 Å². The van der Waals surface area contributed by atoms with Gasteiger partial charge in [-0.25, -0.2) is 19.7 Å². The first kappa shape index (κ1) is 16.0. The summed E-state index contributed by atoms with van der Waals surface area (Å²) in [6.07, 6.45) is 5.36. The van der Waals surface area contributed by atoms with Crippen molar-refractivity contribution in [1.82, 2.24) is 19.9 Å². The summed E-state index contributed by atoms with van der Waals surface area (Å²) in [6.45, 7) is 3.45. The van der Waals surface area contributed by atoms with Gasteiger partial charge in [-0.2, -0.15) is 0 Å². The fraction of sp³-hybridized carbons (Fsp3) is 0.333. The molecule has 4 rings (SSSR count). The molecule has 0 radical (unpaired) electrons. The van der Waals surface area contributed by atoms with Gasteiger partial charge >= 0.3 is 6.03 Å². The fourth-order valence-electron chi connectivity index (χ4n) is 3.27. The minimum atomic E-state index is -0.0562. The normalized spacial score (nSPS) is 17.6. The van der Waals surface area contributed by atoms with Crippen molar-refractivity contribution >= 4 is 33.3 Å². The molecule has 1 aliphatic heterocycles. The highest BCUT2D eigenvalue weighted by atomic mass is 32.1. The number of thiazole rings is 1.